The lowest BCUT2D eigenvalue weighted by atomic mass is 9.86. The van der Waals surface area contributed by atoms with Crippen LogP contribution in [0.15, 0.2) is 0 Å². The molecule has 0 N–H and O–H groups in total. The molecule has 1 aromatic rings. The highest BCUT2D eigenvalue weighted by Gasteiger charge is 2.37. The maximum absolute atomic E-state index is 5.04. The van der Waals surface area contributed by atoms with Crippen molar-refractivity contribution in [3.8, 4) is 0 Å². The van der Waals surface area contributed by atoms with Crippen LogP contribution in [-0.2, 0) is 17.3 Å². The van der Waals surface area contributed by atoms with Gasteiger partial charge in [-0.3, -0.25) is 0 Å². The summed E-state index contributed by atoms with van der Waals surface area (Å²) in [4.78, 5) is 12.6. The molecule has 0 spiro atoms. The molecule has 3 nitrogen and oxygen atoms in total. The van der Waals surface area contributed by atoms with Gasteiger partial charge in [-0.2, -0.15) is 0 Å². The molecule has 2 aliphatic heterocycles. The minimum atomic E-state index is 0.0108. The Hall–Kier alpha value is -1.12. The van der Waals surface area contributed by atoms with Crippen LogP contribution in [0.5, 0.6) is 0 Å². The number of rotatable bonds is 0. The summed E-state index contributed by atoms with van der Waals surface area (Å²) in [5.41, 5.74) is 3.99. The van der Waals surface area contributed by atoms with E-state index >= 15 is 0 Å². The Morgan fingerprint density at radius 1 is 0.952 bits per heavy atom. The van der Waals surface area contributed by atoms with Crippen molar-refractivity contribution in [3.05, 3.63) is 17.2 Å². The minimum absolute atomic E-state index is 0.0108. The highest BCUT2D eigenvalue weighted by Crippen LogP contribution is 2.42. The first kappa shape index (κ1) is 14.8. The van der Waals surface area contributed by atoms with E-state index < -0.39 is 0 Å². The number of nitrogens with zero attached hydrogens (tertiary/aromatic N) is 3. The van der Waals surface area contributed by atoms with Gasteiger partial charge in [-0.1, -0.05) is 41.5 Å². The van der Waals surface area contributed by atoms with Crippen LogP contribution in [0.25, 0.3) is 0 Å². The van der Waals surface area contributed by atoms with Crippen LogP contribution in [-0.4, -0.2) is 22.6 Å². The van der Waals surface area contributed by atoms with E-state index in [-0.39, 0.29) is 10.8 Å². The summed E-state index contributed by atoms with van der Waals surface area (Å²) in [5.74, 6) is 1.00. The zero-order valence-corrected chi connectivity index (χ0v) is 14.5. The van der Waals surface area contributed by atoms with Gasteiger partial charge >= 0.3 is 0 Å². The zero-order valence-electron chi connectivity index (χ0n) is 14.5. The molecule has 1 unspecified atom stereocenters. The molecular weight excluding hydrogens is 258 g/mol. The van der Waals surface area contributed by atoms with Crippen molar-refractivity contribution in [2.75, 3.05) is 11.4 Å². The van der Waals surface area contributed by atoms with Crippen molar-refractivity contribution in [2.24, 2.45) is 0 Å². The molecule has 0 radical (unpaired) electrons. The second-order valence-electron chi connectivity index (χ2n) is 8.72. The number of aromatic nitrogens is 2. The van der Waals surface area contributed by atoms with Crippen molar-refractivity contribution in [1.82, 2.24) is 9.97 Å². The van der Waals surface area contributed by atoms with Crippen LogP contribution in [0.2, 0.25) is 0 Å². The van der Waals surface area contributed by atoms with E-state index in [1.807, 2.05) is 0 Å². The largest absolute Gasteiger partial charge is 0.366 e. The summed E-state index contributed by atoms with van der Waals surface area (Å²) in [6.45, 7) is 14.7. The number of hydrogen-bond acceptors (Lipinski definition) is 3. The van der Waals surface area contributed by atoms with Crippen LogP contribution in [0, 0.1) is 0 Å². The van der Waals surface area contributed by atoms with Gasteiger partial charge in [-0.15, -0.1) is 0 Å². The maximum atomic E-state index is 5.04. The van der Waals surface area contributed by atoms with E-state index in [1.165, 1.54) is 42.9 Å². The van der Waals surface area contributed by atoms with E-state index in [2.05, 4.69) is 46.4 Å². The predicted octanol–water partition coefficient (Wildman–Crippen LogP) is 3.99. The van der Waals surface area contributed by atoms with Gasteiger partial charge in [-0.25, -0.2) is 9.97 Å². The summed E-state index contributed by atoms with van der Waals surface area (Å²) < 4.78 is 0. The molecule has 3 heteroatoms. The van der Waals surface area contributed by atoms with Crippen molar-refractivity contribution in [2.45, 2.75) is 84.1 Å². The summed E-state index contributed by atoms with van der Waals surface area (Å²) in [7, 11) is 0. The molecule has 116 valence electrons. The number of hydrogen-bond donors (Lipinski definition) is 0. The summed E-state index contributed by atoms with van der Waals surface area (Å²) in [6.07, 6.45) is 5.03. The molecule has 2 aliphatic rings. The molecule has 21 heavy (non-hydrogen) atoms. The second-order valence-corrected chi connectivity index (χ2v) is 8.72. The molecule has 3 rings (SSSR count). The molecule has 0 bridgehead atoms. The Morgan fingerprint density at radius 3 is 2.29 bits per heavy atom. The van der Waals surface area contributed by atoms with Crippen LogP contribution in [0.1, 0.15) is 78.0 Å². The molecule has 0 saturated carbocycles. The number of aryl methyl sites for hydroxylation is 1. The fraction of sp³-hybridized carbons (Fsp3) is 0.778. The van der Waals surface area contributed by atoms with Crippen molar-refractivity contribution in [3.63, 3.8) is 0 Å². The SMILES string of the molecule is CC(C)(C)c1nc2c(c(C(C)(C)C)n1)N1CCCC1CC2. The molecule has 1 saturated heterocycles. The molecule has 0 aliphatic carbocycles. The average Bonchev–Trinajstić information content (AvgIpc) is 2.83. The number of fused-ring (bicyclic) bond motifs is 3. The third-order valence-electron chi connectivity index (χ3n) is 4.72. The lowest BCUT2D eigenvalue weighted by Gasteiger charge is -2.38. The first-order chi connectivity index (χ1) is 9.68. The van der Waals surface area contributed by atoms with Crippen molar-refractivity contribution < 1.29 is 0 Å². The standard InChI is InChI=1S/C18H29N3/c1-17(2,3)15-14-13(19-16(20-15)18(4,5)6)10-9-12-8-7-11-21(12)14/h12H,7-11H2,1-6H3. The summed E-state index contributed by atoms with van der Waals surface area (Å²) in [6, 6.07) is 0.725. The van der Waals surface area contributed by atoms with Gasteiger partial charge in [0.1, 0.15) is 5.82 Å². The van der Waals surface area contributed by atoms with Crippen LogP contribution >= 0.6 is 0 Å². The van der Waals surface area contributed by atoms with Crippen molar-refractivity contribution in [1.29, 1.82) is 0 Å². The summed E-state index contributed by atoms with van der Waals surface area (Å²) in [5, 5.41) is 0. The zero-order chi connectivity index (χ0) is 15.4. The Kier molecular flexibility index (Phi) is 3.30. The predicted molar refractivity (Wildman–Crippen MR) is 88.1 cm³/mol. The van der Waals surface area contributed by atoms with Crippen LogP contribution in [0.3, 0.4) is 0 Å². The van der Waals surface area contributed by atoms with E-state index in [4.69, 9.17) is 9.97 Å². The monoisotopic (exact) mass is 287 g/mol. The normalized spacial score (nSPS) is 22.2. The third-order valence-corrected chi connectivity index (χ3v) is 4.72. The van der Waals surface area contributed by atoms with E-state index in [1.54, 1.807) is 0 Å². The number of anilines is 1. The van der Waals surface area contributed by atoms with Gasteiger partial charge < -0.3 is 4.90 Å². The molecule has 1 atom stereocenters. The molecule has 0 amide bonds. The Morgan fingerprint density at radius 2 is 1.67 bits per heavy atom. The van der Waals surface area contributed by atoms with Gasteiger partial charge in [0, 0.05) is 23.4 Å². The second kappa shape index (κ2) is 4.69. The van der Waals surface area contributed by atoms with Crippen LogP contribution < -0.4 is 4.90 Å². The van der Waals surface area contributed by atoms with Gasteiger partial charge in [0.05, 0.1) is 17.1 Å². The lowest BCUT2D eigenvalue weighted by Crippen LogP contribution is -2.38. The average molecular weight is 287 g/mol. The first-order valence-corrected chi connectivity index (χ1v) is 8.36. The highest BCUT2D eigenvalue weighted by atomic mass is 15.2. The Bertz CT molecular complexity index is 549. The lowest BCUT2D eigenvalue weighted by molar-refractivity contribution is 0.491. The Labute approximate surface area is 129 Å². The Balaban J connectivity index is 2.20. The molecule has 3 heterocycles. The van der Waals surface area contributed by atoms with E-state index in [0.29, 0.717) is 0 Å². The quantitative estimate of drug-likeness (QED) is 0.722. The molecule has 1 fully saturated rings. The summed E-state index contributed by atoms with van der Waals surface area (Å²) >= 11 is 0. The van der Waals surface area contributed by atoms with Gasteiger partial charge in [0.15, 0.2) is 0 Å². The molecular formula is C18H29N3. The maximum Gasteiger partial charge on any atom is 0.134 e. The van der Waals surface area contributed by atoms with E-state index in [9.17, 15) is 0 Å². The molecule has 1 aromatic heterocycles. The molecule has 0 aromatic carbocycles. The van der Waals surface area contributed by atoms with Gasteiger partial charge in [0.2, 0.25) is 0 Å². The fourth-order valence-corrected chi connectivity index (χ4v) is 3.57. The van der Waals surface area contributed by atoms with Gasteiger partial charge in [-0.05, 0) is 25.7 Å². The van der Waals surface area contributed by atoms with Gasteiger partial charge in [0.25, 0.3) is 0 Å². The van der Waals surface area contributed by atoms with E-state index in [0.717, 1.165) is 18.3 Å². The van der Waals surface area contributed by atoms with Crippen molar-refractivity contribution >= 4 is 5.69 Å². The topological polar surface area (TPSA) is 29.0 Å². The van der Waals surface area contributed by atoms with Crippen LogP contribution in [0.4, 0.5) is 5.69 Å². The fourth-order valence-electron chi connectivity index (χ4n) is 3.57. The highest BCUT2D eigenvalue weighted by molar-refractivity contribution is 5.60. The minimum Gasteiger partial charge on any atom is -0.366 e. The first-order valence-electron chi connectivity index (χ1n) is 8.36. The smallest absolute Gasteiger partial charge is 0.134 e. The third kappa shape index (κ3) is 2.56.